The number of fused-ring (bicyclic) bond motifs is 3. The van der Waals surface area contributed by atoms with Crippen LogP contribution in [-0.2, 0) is 6.54 Å². The summed E-state index contributed by atoms with van der Waals surface area (Å²) in [6.07, 6.45) is 4.02. The lowest BCUT2D eigenvalue weighted by molar-refractivity contribution is -0.905. The van der Waals surface area contributed by atoms with Crippen molar-refractivity contribution in [3.05, 3.63) is 60.3 Å². The SMILES string of the molecule is CC(=O)c1c(-c2ccccc2)nc2n(CC[NH+]3CCCCC3)c3ccccc3n12. The van der Waals surface area contributed by atoms with Crippen molar-refractivity contribution in [1.82, 2.24) is 14.0 Å². The lowest BCUT2D eigenvalue weighted by Crippen LogP contribution is -3.13. The summed E-state index contributed by atoms with van der Waals surface area (Å²) >= 11 is 0. The molecule has 1 aliphatic heterocycles. The predicted molar refractivity (Wildman–Crippen MR) is 116 cm³/mol. The van der Waals surface area contributed by atoms with E-state index < -0.39 is 0 Å². The van der Waals surface area contributed by atoms with Gasteiger partial charge < -0.3 is 9.47 Å². The molecule has 5 nitrogen and oxygen atoms in total. The number of aromatic nitrogens is 3. The van der Waals surface area contributed by atoms with Crippen molar-refractivity contribution < 1.29 is 9.69 Å². The summed E-state index contributed by atoms with van der Waals surface area (Å²) in [6.45, 7) is 6.17. The zero-order valence-electron chi connectivity index (χ0n) is 16.9. The molecule has 0 saturated carbocycles. The highest BCUT2D eigenvalue weighted by Crippen LogP contribution is 2.30. The Hall–Kier alpha value is -2.92. The lowest BCUT2D eigenvalue weighted by Gasteiger charge is -2.23. The number of para-hydroxylation sites is 2. The van der Waals surface area contributed by atoms with Crippen LogP contribution in [0.25, 0.3) is 28.1 Å². The minimum atomic E-state index is 0.0425. The first-order chi connectivity index (χ1) is 14.2. The van der Waals surface area contributed by atoms with E-state index in [1.54, 1.807) is 11.8 Å². The molecule has 3 heterocycles. The maximum Gasteiger partial charge on any atom is 0.216 e. The number of hydrogen-bond donors (Lipinski definition) is 1. The molecular weight excluding hydrogens is 360 g/mol. The van der Waals surface area contributed by atoms with Crippen LogP contribution in [0.2, 0.25) is 0 Å². The largest absolute Gasteiger partial charge is 0.333 e. The molecule has 0 bridgehead atoms. The summed E-state index contributed by atoms with van der Waals surface area (Å²) in [5.41, 5.74) is 4.63. The van der Waals surface area contributed by atoms with Crippen LogP contribution in [0.4, 0.5) is 0 Å². The van der Waals surface area contributed by atoms with Gasteiger partial charge >= 0.3 is 0 Å². The third-order valence-corrected chi connectivity index (χ3v) is 6.14. The van der Waals surface area contributed by atoms with E-state index in [-0.39, 0.29) is 5.78 Å². The first kappa shape index (κ1) is 18.1. The highest BCUT2D eigenvalue weighted by Gasteiger charge is 2.24. The fraction of sp³-hybridized carbons (Fsp3) is 0.333. The van der Waals surface area contributed by atoms with E-state index in [2.05, 4.69) is 27.2 Å². The van der Waals surface area contributed by atoms with Crippen molar-refractivity contribution >= 4 is 22.6 Å². The van der Waals surface area contributed by atoms with Crippen molar-refractivity contribution in [2.45, 2.75) is 32.7 Å². The van der Waals surface area contributed by atoms with E-state index >= 15 is 0 Å². The lowest BCUT2D eigenvalue weighted by atomic mass is 10.1. The number of piperidine rings is 1. The average Bonchev–Trinajstić information content (AvgIpc) is 3.29. The molecule has 0 aliphatic carbocycles. The van der Waals surface area contributed by atoms with Gasteiger partial charge in [-0.25, -0.2) is 4.98 Å². The second kappa shape index (κ2) is 7.48. The molecule has 0 radical (unpaired) electrons. The van der Waals surface area contributed by atoms with Crippen molar-refractivity contribution in [3.63, 3.8) is 0 Å². The van der Waals surface area contributed by atoms with Gasteiger partial charge in [-0.1, -0.05) is 42.5 Å². The molecule has 29 heavy (non-hydrogen) atoms. The third-order valence-electron chi connectivity index (χ3n) is 6.14. The molecule has 0 unspecified atom stereocenters. The highest BCUT2D eigenvalue weighted by atomic mass is 16.1. The van der Waals surface area contributed by atoms with Gasteiger partial charge in [0.1, 0.15) is 11.4 Å². The molecule has 4 aromatic rings. The summed E-state index contributed by atoms with van der Waals surface area (Å²) in [4.78, 5) is 19.4. The van der Waals surface area contributed by atoms with Crippen LogP contribution in [0, 0.1) is 0 Å². The fourth-order valence-corrected chi connectivity index (χ4v) is 4.72. The average molecular weight is 388 g/mol. The summed E-state index contributed by atoms with van der Waals surface area (Å²) in [6, 6.07) is 18.4. The van der Waals surface area contributed by atoms with Crippen LogP contribution in [0.15, 0.2) is 54.6 Å². The van der Waals surface area contributed by atoms with Gasteiger partial charge in [0.25, 0.3) is 0 Å². The minimum Gasteiger partial charge on any atom is -0.333 e. The molecule has 2 aromatic heterocycles. The van der Waals surface area contributed by atoms with Crippen LogP contribution in [0.3, 0.4) is 0 Å². The zero-order valence-corrected chi connectivity index (χ0v) is 16.9. The molecule has 1 saturated heterocycles. The van der Waals surface area contributed by atoms with Crippen LogP contribution < -0.4 is 4.90 Å². The van der Waals surface area contributed by atoms with Gasteiger partial charge in [0.2, 0.25) is 5.78 Å². The number of quaternary nitrogens is 1. The number of rotatable bonds is 5. The first-order valence-electron chi connectivity index (χ1n) is 10.6. The highest BCUT2D eigenvalue weighted by molar-refractivity contribution is 6.01. The second-order valence-corrected chi connectivity index (χ2v) is 8.07. The van der Waals surface area contributed by atoms with Gasteiger partial charge in [0, 0.05) is 12.5 Å². The number of hydrogen-bond acceptors (Lipinski definition) is 2. The Kier molecular flexibility index (Phi) is 4.68. The van der Waals surface area contributed by atoms with Gasteiger partial charge in [0.15, 0.2) is 5.78 Å². The molecular formula is C24H27N4O+. The molecule has 5 heteroatoms. The van der Waals surface area contributed by atoms with Crippen LogP contribution in [0.5, 0.6) is 0 Å². The van der Waals surface area contributed by atoms with Crippen molar-refractivity contribution in [3.8, 4) is 11.3 Å². The Labute approximate surface area is 170 Å². The molecule has 0 atom stereocenters. The number of nitrogens with zero attached hydrogens (tertiary/aromatic N) is 3. The Bertz CT molecular complexity index is 1170. The van der Waals surface area contributed by atoms with E-state index in [0.717, 1.165) is 41.2 Å². The number of benzene rings is 2. The number of likely N-dealkylation sites (tertiary alicyclic amines) is 1. The van der Waals surface area contributed by atoms with Crippen molar-refractivity contribution in [1.29, 1.82) is 0 Å². The van der Waals surface area contributed by atoms with Crippen molar-refractivity contribution in [2.75, 3.05) is 19.6 Å². The molecule has 148 valence electrons. The third kappa shape index (κ3) is 3.15. The molecule has 5 rings (SSSR count). The second-order valence-electron chi connectivity index (χ2n) is 8.07. The minimum absolute atomic E-state index is 0.0425. The van der Waals surface area contributed by atoms with Crippen LogP contribution >= 0.6 is 0 Å². The standard InChI is InChI=1S/C24H26N4O/c1-18(29)23-22(19-10-4-2-5-11-19)25-24-27(17-16-26-14-8-3-9-15-26)20-12-6-7-13-21(20)28(23)24/h2,4-7,10-13H,3,8-9,14-17H2,1H3/p+1. The number of imidazole rings is 2. The monoisotopic (exact) mass is 387 g/mol. The Morgan fingerprint density at radius 1 is 0.966 bits per heavy atom. The summed E-state index contributed by atoms with van der Waals surface area (Å²) in [5, 5.41) is 0. The summed E-state index contributed by atoms with van der Waals surface area (Å²) in [5.74, 6) is 0.910. The van der Waals surface area contributed by atoms with Gasteiger partial charge in [0.05, 0.1) is 37.2 Å². The number of carbonyl (C=O) groups excluding carboxylic acids is 1. The predicted octanol–water partition coefficient (Wildman–Crippen LogP) is 3.23. The van der Waals surface area contributed by atoms with E-state index in [0.29, 0.717) is 5.69 Å². The summed E-state index contributed by atoms with van der Waals surface area (Å²) < 4.78 is 4.36. The smallest absolute Gasteiger partial charge is 0.216 e. The van der Waals surface area contributed by atoms with Gasteiger partial charge in [-0.15, -0.1) is 0 Å². The van der Waals surface area contributed by atoms with E-state index in [1.807, 2.05) is 36.4 Å². The maximum atomic E-state index is 12.7. The Balaban J connectivity index is 1.68. The van der Waals surface area contributed by atoms with E-state index in [4.69, 9.17) is 4.98 Å². The van der Waals surface area contributed by atoms with Crippen LogP contribution in [0.1, 0.15) is 36.7 Å². The molecule has 0 spiro atoms. The molecule has 0 amide bonds. The Morgan fingerprint density at radius 2 is 1.66 bits per heavy atom. The summed E-state index contributed by atoms with van der Waals surface area (Å²) in [7, 11) is 0. The molecule has 1 N–H and O–H groups in total. The van der Waals surface area contributed by atoms with E-state index in [9.17, 15) is 4.79 Å². The normalized spacial score (nSPS) is 15.3. The Morgan fingerprint density at radius 3 is 2.38 bits per heavy atom. The molecule has 1 fully saturated rings. The fourth-order valence-electron chi connectivity index (χ4n) is 4.72. The first-order valence-corrected chi connectivity index (χ1v) is 10.6. The molecule has 2 aromatic carbocycles. The van der Waals surface area contributed by atoms with Gasteiger partial charge in [-0.2, -0.15) is 0 Å². The number of nitrogens with one attached hydrogen (secondary N) is 1. The van der Waals surface area contributed by atoms with E-state index in [1.165, 1.54) is 32.4 Å². The van der Waals surface area contributed by atoms with Gasteiger partial charge in [-0.3, -0.25) is 9.20 Å². The topological polar surface area (TPSA) is 43.7 Å². The van der Waals surface area contributed by atoms with Crippen molar-refractivity contribution in [2.24, 2.45) is 0 Å². The number of Topliss-reactive ketones (excluding diaryl/α,β-unsaturated/α-hetero) is 1. The maximum absolute atomic E-state index is 12.7. The molecule has 1 aliphatic rings. The number of ketones is 1. The van der Waals surface area contributed by atoms with Crippen LogP contribution in [-0.4, -0.2) is 39.4 Å². The van der Waals surface area contributed by atoms with Gasteiger partial charge in [-0.05, 0) is 31.4 Å². The number of carbonyl (C=O) groups is 1. The zero-order chi connectivity index (χ0) is 19.8. The quantitative estimate of drug-likeness (QED) is 0.535.